The minimum absolute atomic E-state index is 0.115. The summed E-state index contributed by atoms with van der Waals surface area (Å²) in [6.07, 6.45) is -3.62. The van der Waals surface area contributed by atoms with Crippen molar-refractivity contribution in [2.24, 2.45) is 0 Å². The van der Waals surface area contributed by atoms with Crippen molar-refractivity contribution < 1.29 is 26.3 Å². The topological polar surface area (TPSA) is 95.0 Å². The normalized spacial score (nSPS) is 14.8. The Labute approximate surface area is 147 Å². The highest BCUT2D eigenvalue weighted by molar-refractivity contribution is 7.89. The van der Waals surface area contributed by atoms with E-state index in [0.717, 1.165) is 12.1 Å². The highest BCUT2D eigenvalue weighted by atomic mass is 32.2. The fourth-order valence-corrected chi connectivity index (χ4v) is 3.80. The molecule has 1 aliphatic rings. The van der Waals surface area contributed by atoms with Gasteiger partial charge in [-0.15, -0.1) is 13.2 Å². The average Bonchev–Trinajstić information content (AvgIpc) is 3.20. The van der Waals surface area contributed by atoms with Crippen molar-refractivity contribution in [1.29, 1.82) is 5.26 Å². The van der Waals surface area contributed by atoms with E-state index in [2.05, 4.69) is 14.4 Å². The number of alkyl halides is 3. The standard InChI is InChI=1S/C16H14F3N3O3S/c17-16(18,19)25-14-9-10(13-5-4-11(21-13)7-8-20)1-6-15(14)26(23,24)22-12-2-3-12/h1,4-6,9,12,21-22H,2-3,7H2. The molecule has 1 aromatic carbocycles. The number of hydrogen-bond acceptors (Lipinski definition) is 4. The van der Waals surface area contributed by atoms with E-state index in [1.54, 1.807) is 12.1 Å². The van der Waals surface area contributed by atoms with Crippen molar-refractivity contribution in [1.82, 2.24) is 9.71 Å². The lowest BCUT2D eigenvalue weighted by Crippen LogP contribution is -2.27. The lowest BCUT2D eigenvalue weighted by atomic mass is 10.1. The smallest absolute Gasteiger partial charge is 0.404 e. The summed E-state index contributed by atoms with van der Waals surface area (Å²) in [6.45, 7) is 0. The highest BCUT2D eigenvalue weighted by Gasteiger charge is 2.36. The Morgan fingerprint density at radius 1 is 1.27 bits per heavy atom. The summed E-state index contributed by atoms with van der Waals surface area (Å²) >= 11 is 0. The number of rotatable bonds is 6. The maximum atomic E-state index is 12.7. The Kier molecular flexibility index (Phi) is 4.68. The van der Waals surface area contributed by atoms with Gasteiger partial charge in [0, 0.05) is 23.0 Å². The third-order valence-corrected chi connectivity index (χ3v) is 5.24. The van der Waals surface area contributed by atoms with E-state index >= 15 is 0 Å². The number of benzene rings is 1. The van der Waals surface area contributed by atoms with Gasteiger partial charge in [-0.25, -0.2) is 13.1 Å². The number of sulfonamides is 1. The zero-order valence-corrected chi connectivity index (χ0v) is 14.1. The molecular weight excluding hydrogens is 371 g/mol. The Hall–Kier alpha value is -2.51. The molecule has 138 valence electrons. The summed E-state index contributed by atoms with van der Waals surface area (Å²) in [5.41, 5.74) is 1.34. The van der Waals surface area contributed by atoms with Gasteiger partial charge in [0.05, 0.1) is 12.5 Å². The Morgan fingerprint density at radius 3 is 2.62 bits per heavy atom. The predicted molar refractivity (Wildman–Crippen MR) is 85.6 cm³/mol. The van der Waals surface area contributed by atoms with Gasteiger partial charge in [0.2, 0.25) is 10.0 Å². The van der Waals surface area contributed by atoms with Crippen LogP contribution in [0.25, 0.3) is 11.3 Å². The number of nitrogens with one attached hydrogen (secondary N) is 2. The first-order valence-electron chi connectivity index (χ1n) is 7.65. The average molecular weight is 385 g/mol. The Bertz CT molecular complexity index is 957. The SMILES string of the molecule is N#CCc1ccc(-c2ccc(S(=O)(=O)NC3CC3)c(OC(F)(F)F)c2)[nH]1. The molecule has 0 atom stereocenters. The molecule has 1 saturated carbocycles. The molecule has 3 rings (SSSR count). The number of aromatic amines is 1. The van der Waals surface area contributed by atoms with Crippen LogP contribution in [0, 0.1) is 11.3 Å². The van der Waals surface area contributed by atoms with Crippen LogP contribution in [0.5, 0.6) is 5.75 Å². The van der Waals surface area contributed by atoms with Crippen LogP contribution in [0.15, 0.2) is 35.2 Å². The van der Waals surface area contributed by atoms with Crippen molar-refractivity contribution in [2.45, 2.75) is 36.6 Å². The summed E-state index contributed by atoms with van der Waals surface area (Å²) in [5.74, 6) is -0.806. The van der Waals surface area contributed by atoms with Gasteiger partial charge in [-0.05, 0) is 37.1 Å². The number of nitriles is 1. The predicted octanol–water partition coefficient (Wildman–Crippen LogP) is 3.09. The van der Waals surface area contributed by atoms with Crippen LogP contribution in [0.2, 0.25) is 0 Å². The van der Waals surface area contributed by atoms with E-state index in [-0.39, 0.29) is 12.5 Å². The molecule has 0 aliphatic heterocycles. The van der Waals surface area contributed by atoms with Crippen LogP contribution in [-0.4, -0.2) is 25.8 Å². The van der Waals surface area contributed by atoms with Gasteiger partial charge >= 0.3 is 6.36 Å². The number of nitrogens with zero attached hydrogens (tertiary/aromatic N) is 1. The summed E-state index contributed by atoms with van der Waals surface area (Å²) in [4.78, 5) is 2.32. The Balaban J connectivity index is 2.00. The number of aromatic nitrogens is 1. The van der Waals surface area contributed by atoms with E-state index in [0.29, 0.717) is 29.8 Å². The van der Waals surface area contributed by atoms with E-state index < -0.39 is 27.0 Å². The van der Waals surface area contributed by atoms with E-state index in [4.69, 9.17) is 5.26 Å². The molecule has 0 spiro atoms. The van der Waals surface area contributed by atoms with Crippen LogP contribution in [0.1, 0.15) is 18.5 Å². The third-order valence-electron chi connectivity index (χ3n) is 3.69. The molecule has 0 unspecified atom stereocenters. The first kappa shape index (κ1) is 18.3. The van der Waals surface area contributed by atoms with Gasteiger partial charge in [0.25, 0.3) is 0 Å². The molecule has 10 heteroatoms. The fraction of sp³-hybridized carbons (Fsp3) is 0.312. The third kappa shape index (κ3) is 4.36. The molecule has 26 heavy (non-hydrogen) atoms. The molecule has 1 heterocycles. The maximum Gasteiger partial charge on any atom is 0.573 e. The fourth-order valence-electron chi connectivity index (χ4n) is 2.38. The second kappa shape index (κ2) is 6.66. The quantitative estimate of drug-likeness (QED) is 0.799. The van der Waals surface area contributed by atoms with Gasteiger partial charge < -0.3 is 9.72 Å². The molecule has 1 aromatic heterocycles. The Morgan fingerprint density at radius 2 is 2.00 bits per heavy atom. The zero-order chi connectivity index (χ0) is 18.9. The molecule has 0 bridgehead atoms. The van der Waals surface area contributed by atoms with Crippen molar-refractivity contribution in [3.05, 3.63) is 36.0 Å². The van der Waals surface area contributed by atoms with E-state index in [1.165, 1.54) is 6.07 Å². The molecule has 1 aliphatic carbocycles. The first-order valence-corrected chi connectivity index (χ1v) is 9.13. The second-order valence-electron chi connectivity index (χ2n) is 5.84. The summed E-state index contributed by atoms with van der Waals surface area (Å²) < 4.78 is 69.2. The van der Waals surface area contributed by atoms with E-state index in [1.807, 2.05) is 6.07 Å². The van der Waals surface area contributed by atoms with Gasteiger partial charge in [-0.2, -0.15) is 5.26 Å². The van der Waals surface area contributed by atoms with Crippen molar-refractivity contribution >= 4 is 10.0 Å². The monoisotopic (exact) mass is 385 g/mol. The number of hydrogen-bond donors (Lipinski definition) is 2. The van der Waals surface area contributed by atoms with E-state index in [9.17, 15) is 21.6 Å². The van der Waals surface area contributed by atoms with Gasteiger partial charge in [0.1, 0.15) is 10.6 Å². The van der Waals surface area contributed by atoms with Gasteiger partial charge in [-0.3, -0.25) is 0 Å². The summed E-state index contributed by atoms with van der Waals surface area (Å²) in [6, 6.07) is 8.39. The van der Waals surface area contributed by atoms with Crippen LogP contribution in [0.4, 0.5) is 13.2 Å². The number of halogens is 3. The summed E-state index contributed by atoms with van der Waals surface area (Å²) in [7, 11) is -4.13. The molecular formula is C16H14F3N3O3S. The molecule has 2 aromatic rings. The second-order valence-corrected chi connectivity index (χ2v) is 7.52. The number of H-pyrrole nitrogens is 1. The largest absolute Gasteiger partial charge is 0.573 e. The maximum absolute atomic E-state index is 12.7. The van der Waals surface area contributed by atoms with Crippen molar-refractivity contribution in [3.63, 3.8) is 0 Å². The van der Waals surface area contributed by atoms with Crippen LogP contribution >= 0.6 is 0 Å². The summed E-state index contributed by atoms with van der Waals surface area (Å²) in [5, 5.41) is 8.69. The molecule has 2 N–H and O–H groups in total. The van der Waals surface area contributed by atoms with Crippen LogP contribution < -0.4 is 9.46 Å². The minimum Gasteiger partial charge on any atom is -0.404 e. The molecule has 0 radical (unpaired) electrons. The molecule has 0 amide bonds. The lowest BCUT2D eigenvalue weighted by molar-refractivity contribution is -0.275. The van der Waals surface area contributed by atoms with Gasteiger partial charge in [-0.1, -0.05) is 6.07 Å². The van der Waals surface area contributed by atoms with Gasteiger partial charge in [0.15, 0.2) is 0 Å². The molecule has 6 nitrogen and oxygen atoms in total. The zero-order valence-electron chi connectivity index (χ0n) is 13.3. The van der Waals surface area contributed by atoms with Crippen molar-refractivity contribution in [2.75, 3.05) is 0 Å². The minimum atomic E-state index is -5.04. The molecule has 0 saturated heterocycles. The van der Waals surface area contributed by atoms with Crippen molar-refractivity contribution in [3.8, 4) is 23.1 Å². The van der Waals surface area contributed by atoms with Crippen LogP contribution in [-0.2, 0) is 16.4 Å². The first-order chi connectivity index (χ1) is 12.2. The number of ether oxygens (including phenoxy) is 1. The molecule has 1 fully saturated rings. The highest BCUT2D eigenvalue weighted by Crippen LogP contribution is 2.34. The van der Waals surface area contributed by atoms with Crippen LogP contribution in [0.3, 0.4) is 0 Å². The lowest BCUT2D eigenvalue weighted by Gasteiger charge is -2.15.